The minimum absolute atomic E-state index is 0.0245. The summed E-state index contributed by atoms with van der Waals surface area (Å²) in [7, 11) is 0. The van der Waals surface area contributed by atoms with Crippen LogP contribution in [0.4, 0.5) is 5.69 Å². The van der Waals surface area contributed by atoms with Gasteiger partial charge in [-0.15, -0.1) is 0 Å². The fourth-order valence-corrected chi connectivity index (χ4v) is 3.01. The Morgan fingerprint density at radius 3 is 2.95 bits per heavy atom. The first-order valence-electron chi connectivity index (χ1n) is 7.03. The van der Waals surface area contributed by atoms with Crippen LogP contribution in [-0.2, 0) is 4.79 Å². The highest BCUT2D eigenvalue weighted by Gasteiger charge is 2.28. The van der Waals surface area contributed by atoms with E-state index in [2.05, 4.69) is 27.9 Å². The molecule has 1 aromatic carbocycles. The molecule has 2 aliphatic heterocycles. The lowest BCUT2D eigenvalue weighted by Crippen LogP contribution is -2.27. The summed E-state index contributed by atoms with van der Waals surface area (Å²) in [6, 6.07) is 8.13. The van der Waals surface area contributed by atoms with Crippen molar-refractivity contribution in [2.24, 2.45) is 10.4 Å². The van der Waals surface area contributed by atoms with Gasteiger partial charge in [0.05, 0.1) is 12.6 Å². The van der Waals surface area contributed by atoms with Crippen molar-refractivity contribution in [2.45, 2.75) is 26.8 Å². The van der Waals surface area contributed by atoms with E-state index in [-0.39, 0.29) is 11.9 Å². The molecule has 110 valence electrons. The Bertz CT molecular complexity index is 631. The number of amides is 1. The van der Waals surface area contributed by atoms with Crippen LogP contribution in [0.3, 0.4) is 0 Å². The highest BCUT2D eigenvalue weighted by atomic mass is 32.2. The predicted molar refractivity (Wildman–Crippen MR) is 88.1 cm³/mol. The van der Waals surface area contributed by atoms with Gasteiger partial charge in [0, 0.05) is 17.3 Å². The molecule has 0 radical (unpaired) electrons. The Balaban J connectivity index is 1.75. The molecule has 0 saturated heterocycles. The van der Waals surface area contributed by atoms with Gasteiger partial charge in [-0.1, -0.05) is 44.7 Å². The predicted octanol–water partition coefficient (Wildman–Crippen LogP) is 3.60. The molecule has 1 atom stereocenters. The van der Waals surface area contributed by atoms with Crippen molar-refractivity contribution in [1.82, 2.24) is 4.90 Å². The number of fused-ring (bicyclic) bond motifs is 1. The number of nitrogens with zero attached hydrogens (tertiary/aromatic N) is 2. The van der Waals surface area contributed by atoms with Crippen molar-refractivity contribution in [3.05, 3.63) is 41.4 Å². The van der Waals surface area contributed by atoms with Gasteiger partial charge in [0.15, 0.2) is 5.17 Å². The second-order valence-electron chi connectivity index (χ2n) is 6.31. The summed E-state index contributed by atoms with van der Waals surface area (Å²) in [5.41, 5.74) is 1.58. The van der Waals surface area contributed by atoms with Crippen LogP contribution in [0.5, 0.6) is 0 Å². The molecule has 5 heteroatoms. The molecule has 1 N–H and O–H groups in total. The van der Waals surface area contributed by atoms with Gasteiger partial charge < -0.3 is 10.2 Å². The van der Waals surface area contributed by atoms with E-state index in [1.54, 1.807) is 11.8 Å². The summed E-state index contributed by atoms with van der Waals surface area (Å²) in [4.78, 5) is 18.9. The van der Waals surface area contributed by atoms with Crippen LogP contribution in [0, 0.1) is 5.41 Å². The molecule has 0 fully saturated rings. The number of anilines is 1. The number of thioether (sulfide) groups is 1. The molecule has 4 nitrogen and oxygen atoms in total. The first-order chi connectivity index (χ1) is 9.93. The van der Waals surface area contributed by atoms with Crippen LogP contribution < -0.4 is 5.32 Å². The molecule has 2 aliphatic rings. The Morgan fingerprint density at radius 1 is 1.43 bits per heavy atom. The van der Waals surface area contributed by atoms with E-state index in [4.69, 9.17) is 4.99 Å². The largest absolute Gasteiger partial charge is 0.326 e. The van der Waals surface area contributed by atoms with Crippen LogP contribution in [0.2, 0.25) is 0 Å². The summed E-state index contributed by atoms with van der Waals surface area (Å²) in [6.07, 6.45) is 2.06. The maximum Gasteiger partial charge on any atom is 0.229 e. The molecule has 1 unspecified atom stereocenters. The van der Waals surface area contributed by atoms with Crippen molar-refractivity contribution in [1.29, 1.82) is 0 Å². The Morgan fingerprint density at radius 2 is 2.24 bits per heavy atom. The van der Waals surface area contributed by atoms with Crippen LogP contribution in [0.1, 0.15) is 32.4 Å². The summed E-state index contributed by atoms with van der Waals surface area (Å²) < 4.78 is 0. The third-order valence-electron chi connectivity index (χ3n) is 3.51. The molecule has 1 amide bonds. The Kier molecular flexibility index (Phi) is 3.53. The summed E-state index contributed by atoms with van der Waals surface area (Å²) in [6.45, 7) is 6.60. The standard InChI is InChI=1S/C16H19N3OS/c1-16(2,3)14(20)17-12-6-4-5-11(9-12)13-10-19-7-8-21-15(19)18-13/h4-9,13H,10H2,1-3H3,(H,17,20). The van der Waals surface area contributed by atoms with Crippen LogP contribution >= 0.6 is 11.8 Å². The van der Waals surface area contributed by atoms with E-state index in [0.717, 1.165) is 23.0 Å². The maximum absolute atomic E-state index is 12.1. The van der Waals surface area contributed by atoms with Gasteiger partial charge in [-0.05, 0) is 23.1 Å². The van der Waals surface area contributed by atoms with Gasteiger partial charge >= 0.3 is 0 Å². The van der Waals surface area contributed by atoms with Crippen molar-refractivity contribution >= 4 is 28.5 Å². The minimum Gasteiger partial charge on any atom is -0.326 e. The van der Waals surface area contributed by atoms with Gasteiger partial charge in [0.2, 0.25) is 5.91 Å². The number of hydrogen-bond acceptors (Lipinski definition) is 4. The number of amidine groups is 1. The fraction of sp³-hybridized carbons (Fsp3) is 0.375. The zero-order chi connectivity index (χ0) is 15.0. The van der Waals surface area contributed by atoms with Gasteiger partial charge in [-0.25, -0.2) is 0 Å². The fourth-order valence-electron chi connectivity index (χ4n) is 2.22. The summed E-state index contributed by atoms with van der Waals surface area (Å²) in [5, 5.41) is 6.09. The minimum atomic E-state index is -0.395. The molecular formula is C16H19N3OS. The molecule has 1 aromatic rings. The number of rotatable bonds is 2. The third-order valence-corrected chi connectivity index (χ3v) is 4.31. The number of carbonyl (C=O) groups is 1. The highest BCUT2D eigenvalue weighted by Crippen LogP contribution is 2.33. The van der Waals surface area contributed by atoms with Crippen LogP contribution in [-0.4, -0.2) is 22.5 Å². The number of nitrogens with one attached hydrogen (secondary N) is 1. The average Bonchev–Trinajstić information content (AvgIpc) is 2.98. The van der Waals surface area contributed by atoms with E-state index in [0.29, 0.717) is 0 Å². The second kappa shape index (κ2) is 5.22. The first-order valence-corrected chi connectivity index (χ1v) is 7.91. The zero-order valence-corrected chi connectivity index (χ0v) is 13.3. The quantitative estimate of drug-likeness (QED) is 0.907. The average molecular weight is 301 g/mol. The van der Waals surface area contributed by atoms with Crippen molar-refractivity contribution in [2.75, 3.05) is 11.9 Å². The monoisotopic (exact) mass is 301 g/mol. The lowest BCUT2D eigenvalue weighted by atomic mass is 9.95. The number of benzene rings is 1. The summed E-state index contributed by atoms with van der Waals surface area (Å²) >= 11 is 1.66. The van der Waals surface area contributed by atoms with Gasteiger partial charge in [0.25, 0.3) is 0 Å². The molecule has 0 aromatic heterocycles. The van der Waals surface area contributed by atoms with Gasteiger partial charge in [0.1, 0.15) is 0 Å². The third kappa shape index (κ3) is 2.97. The second-order valence-corrected chi connectivity index (χ2v) is 7.19. The van der Waals surface area contributed by atoms with Crippen molar-refractivity contribution in [3.8, 4) is 0 Å². The van der Waals surface area contributed by atoms with E-state index < -0.39 is 5.41 Å². The van der Waals surface area contributed by atoms with E-state index in [9.17, 15) is 4.79 Å². The SMILES string of the molecule is CC(C)(C)C(=O)Nc1cccc(C2CN3C=CSC3=N2)c1. The molecule has 0 bridgehead atoms. The molecule has 0 saturated carbocycles. The first kappa shape index (κ1) is 14.2. The van der Waals surface area contributed by atoms with Crippen LogP contribution in [0.25, 0.3) is 0 Å². The number of aliphatic imine (C=N–C) groups is 1. The molecule has 21 heavy (non-hydrogen) atoms. The van der Waals surface area contributed by atoms with Gasteiger partial charge in [-0.3, -0.25) is 9.79 Å². The van der Waals surface area contributed by atoms with Crippen LogP contribution in [0.15, 0.2) is 40.9 Å². The number of carbonyl (C=O) groups excluding carboxylic acids is 1. The molecule has 0 spiro atoms. The molecule has 3 rings (SSSR count). The zero-order valence-electron chi connectivity index (χ0n) is 12.5. The lowest BCUT2D eigenvalue weighted by Gasteiger charge is -2.18. The highest BCUT2D eigenvalue weighted by molar-refractivity contribution is 8.16. The number of hydrogen-bond donors (Lipinski definition) is 1. The normalized spacial score (nSPS) is 20.4. The van der Waals surface area contributed by atoms with Gasteiger partial charge in [-0.2, -0.15) is 0 Å². The van der Waals surface area contributed by atoms with Crippen molar-refractivity contribution in [3.63, 3.8) is 0 Å². The Labute approximate surface area is 129 Å². The molecule has 2 heterocycles. The van der Waals surface area contributed by atoms with Crippen molar-refractivity contribution < 1.29 is 4.79 Å². The van der Waals surface area contributed by atoms with E-state index >= 15 is 0 Å². The molecular weight excluding hydrogens is 282 g/mol. The molecule has 0 aliphatic carbocycles. The van der Waals surface area contributed by atoms with E-state index in [1.165, 1.54) is 0 Å². The summed E-state index contributed by atoms with van der Waals surface area (Å²) in [5.74, 6) is 0.0245. The smallest absolute Gasteiger partial charge is 0.229 e. The van der Waals surface area contributed by atoms with E-state index in [1.807, 2.05) is 39.0 Å². The Hall–Kier alpha value is -1.75. The lowest BCUT2D eigenvalue weighted by molar-refractivity contribution is -0.123. The maximum atomic E-state index is 12.1. The topological polar surface area (TPSA) is 44.7 Å².